The first-order valence-electron chi connectivity index (χ1n) is 8.58. The van der Waals surface area contributed by atoms with E-state index in [1.807, 2.05) is 21.7 Å². The SMILES string of the molecule is CC(C)(C)CC(=O)N1CCn2nnc(COCc3cccnc3)c2C1. The number of carbonyl (C=O) groups is 1. The average molecular weight is 343 g/mol. The maximum Gasteiger partial charge on any atom is 0.223 e. The Morgan fingerprint density at radius 1 is 1.28 bits per heavy atom. The predicted octanol–water partition coefficient (Wildman–Crippen LogP) is 2.17. The molecule has 0 aliphatic carbocycles. The molecule has 3 rings (SSSR count). The zero-order valence-electron chi connectivity index (χ0n) is 15.1. The minimum atomic E-state index is -0.0112. The Morgan fingerprint density at radius 3 is 2.84 bits per heavy atom. The fourth-order valence-corrected chi connectivity index (χ4v) is 2.84. The molecule has 0 saturated carbocycles. The Labute approximate surface area is 148 Å². The third-order valence-electron chi connectivity index (χ3n) is 4.10. The maximum atomic E-state index is 12.5. The number of hydrogen-bond acceptors (Lipinski definition) is 5. The molecule has 0 N–H and O–H groups in total. The lowest BCUT2D eigenvalue weighted by molar-refractivity contribution is -0.134. The summed E-state index contributed by atoms with van der Waals surface area (Å²) >= 11 is 0. The normalized spacial score (nSPS) is 14.4. The Bertz CT molecular complexity index is 721. The molecule has 1 aliphatic rings. The van der Waals surface area contributed by atoms with Crippen LogP contribution in [0, 0.1) is 5.41 Å². The summed E-state index contributed by atoms with van der Waals surface area (Å²) in [7, 11) is 0. The monoisotopic (exact) mass is 343 g/mol. The van der Waals surface area contributed by atoms with Gasteiger partial charge in [0.15, 0.2) is 0 Å². The van der Waals surface area contributed by atoms with E-state index >= 15 is 0 Å². The van der Waals surface area contributed by atoms with Crippen LogP contribution in [0.15, 0.2) is 24.5 Å². The Kier molecular flexibility index (Phi) is 5.13. The molecule has 0 atom stereocenters. The van der Waals surface area contributed by atoms with Gasteiger partial charge in [-0.25, -0.2) is 4.68 Å². The summed E-state index contributed by atoms with van der Waals surface area (Å²) in [6.07, 6.45) is 4.07. The van der Waals surface area contributed by atoms with Crippen LogP contribution < -0.4 is 0 Å². The van der Waals surface area contributed by atoms with Gasteiger partial charge in [-0.15, -0.1) is 5.10 Å². The molecule has 25 heavy (non-hydrogen) atoms. The predicted molar refractivity (Wildman–Crippen MR) is 92.2 cm³/mol. The average Bonchev–Trinajstić information content (AvgIpc) is 2.97. The van der Waals surface area contributed by atoms with Crippen molar-refractivity contribution in [1.29, 1.82) is 0 Å². The molecule has 1 aliphatic heterocycles. The van der Waals surface area contributed by atoms with Crippen molar-refractivity contribution in [2.75, 3.05) is 6.54 Å². The molecule has 0 saturated heterocycles. The number of pyridine rings is 1. The second kappa shape index (κ2) is 7.31. The lowest BCUT2D eigenvalue weighted by atomic mass is 9.91. The Hall–Kier alpha value is -2.28. The molecular weight excluding hydrogens is 318 g/mol. The molecular formula is C18H25N5O2. The fraction of sp³-hybridized carbons (Fsp3) is 0.556. The van der Waals surface area contributed by atoms with Crippen LogP contribution >= 0.6 is 0 Å². The summed E-state index contributed by atoms with van der Waals surface area (Å²) < 4.78 is 7.63. The van der Waals surface area contributed by atoms with Crippen molar-refractivity contribution in [3.05, 3.63) is 41.5 Å². The second-order valence-electron chi connectivity index (χ2n) is 7.61. The molecule has 0 aromatic carbocycles. The van der Waals surface area contributed by atoms with E-state index in [1.54, 1.807) is 12.4 Å². The van der Waals surface area contributed by atoms with Crippen LogP contribution in [0.4, 0.5) is 0 Å². The highest BCUT2D eigenvalue weighted by atomic mass is 16.5. The van der Waals surface area contributed by atoms with E-state index in [9.17, 15) is 4.79 Å². The maximum absolute atomic E-state index is 12.5. The van der Waals surface area contributed by atoms with E-state index in [1.165, 1.54) is 0 Å². The van der Waals surface area contributed by atoms with Crippen molar-refractivity contribution in [3.63, 3.8) is 0 Å². The lowest BCUT2D eigenvalue weighted by Gasteiger charge is -2.30. The van der Waals surface area contributed by atoms with Gasteiger partial charge in [-0.2, -0.15) is 0 Å². The minimum Gasteiger partial charge on any atom is -0.370 e. The van der Waals surface area contributed by atoms with E-state index in [0.717, 1.165) is 17.0 Å². The van der Waals surface area contributed by atoms with Crippen LogP contribution in [0.3, 0.4) is 0 Å². The van der Waals surface area contributed by atoms with Gasteiger partial charge in [0.25, 0.3) is 0 Å². The van der Waals surface area contributed by atoms with Crippen molar-refractivity contribution < 1.29 is 9.53 Å². The van der Waals surface area contributed by atoms with E-state index in [0.29, 0.717) is 39.3 Å². The number of fused-ring (bicyclic) bond motifs is 1. The summed E-state index contributed by atoms with van der Waals surface area (Å²) in [4.78, 5) is 18.5. The van der Waals surface area contributed by atoms with Crippen LogP contribution in [-0.4, -0.2) is 37.3 Å². The first-order valence-corrected chi connectivity index (χ1v) is 8.58. The number of ether oxygens (including phenoxy) is 1. The summed E-state index contributed by atoms with van der Waals surface area (Å²) in [5, 5.41) is 8.42. The van der Waals surface area contributed by atoms with E-state index in [4.69, 9.17) is 4.74 Å². The molecule has 2 aromatic heterocycles. The van der Waals surface area contributed by atoms with Crippen LogP contribution in [0.2, 0.25) is 0 Å². The number of amides is 1. The first-order chi connectivity index (χ1) is 11.9. The molecule has 0 spiro atoms. The van der Waals surface area contributed by atoms with E-state index in [-0.39, 0.29) is 11.3 Å². The van der Waals surface area contributed by atoms with Gasteiger partial charge in [0.2, 0.25) is 5.91 Å². The number of aromatic nitrogens is 4. The summed E-state index contributed by atoms with van der Waals surface area (Å²) in [5.74, 6) is 0.183. The van der Waals surface area contributed by atoms with Crippen LogP contribution in [0.25, 0.3) is 0 Å². The summed E-state index contributed by atoms with van der Waals surface area (Å²) in [6, 6.07) is 3.86. The quantitative estimate of drug-likeness (QED) is 0.832. The van der Waals surface area contributed by atoms with Gasteiger partial charge < -0.3 is 9.64 Å². The molecule has 0 fully saturated rings. The van der Waals surface area contributed by atoms with Crippen LogP contribution in [-0.2, 0) is 35.8 Å². The fourth-order valence-electron chi connectivity index (χ4n) is 2.84. The molecule has 134 valence electrons. The van der Waals surface area contributed by atoms with Gasteiger partial charge in [-0.1, -0.05) is 32.1 Å². The van der Waals surface area contributed by atoms with Crippen molar-refractivity contribution in [1.82, 2.24) is 24.9 Å². The second-order valence-corrected chi connectivity index (χ2v) is 7.61. The van der Waals surface area contributed by atoms with Gasteiger partial charge >= 0.3 is 0 Å². The Morgan fingerprint density at radius 2 is 2.12 bits per heavy atom. The van der Waals surface area contributed by atoms with Crippen LogP contribution in [0.5, 0.6) is 0 Å². The van der Waals surface area contributed by atoms with Gasteiger partial charge in [0, 0.05) is 25.4 Å². The van der Waals surface area contributed by atoms with E-state index in [2.05, 4.69) is 36.1 Å². The highest BCUT2D eigenvalue weighted by Crippen LogP contribution is 2.23. The van der Waals surface area contributed by atoms with Gasteiger partial charge in [-0.05, 0) is 17.0 Å². The molecule has 0 bridgehead atoms. The van der Waals surface area contributed by atoms with Crippen molar-refractivity contribution in [2.45, 2.75) is 53.5 Å². The smallest absolute Gasteiger partial charge is 0.223 e. The first kappa shape index (κ1) is 17.5. The Balaban J connectivity index is 1.60. The molecule has 0 unspecified atom stereocenters. The molecule has 1 amide bonds. The van der Waals surface area contributed by atoms with E-state index < -0.39 is 0 Å². The molecule has 0 radical (unpaired) electrons. The number of carbonyl (C=O) groups excluding carboxylic acids is 1. The highest BCUT2D eigenvalue weighted by molar-refractivity contribution is 5.76. The number of hydrogen-bond donors (Lipinski definition) is 0. The van der Waals surface area contributed by atoms with Crippen molar-refractivity contribution >= 4 is 5.91 Å². The van der Waals surface area contributed by atoms with Gasteiger partial charge in [-0.3, -0.25) is 9.78 Å². The largest absolute Gasteiger partial charge is 0.370 e. The minimum absolute atomic E-state index is 0.0112. The third-order valence-corrected chi connectivity index (χ3v) is 4.10. The molecule has 3 heterocycles. The number of nitrogens with zero attached hydrogens (tertiary/aromatic N) is 5. The molecule has 7 nitrogen and oxygen atoms in total. The topological polar surface area (TPSA) is 73.1 Å². The highest BCUT2D eigenvalue weighted by Gasteiger charge is 2.27. The van der Waals surface area contributed by atoms with Gasteiger partial charge in [0.1, 0.15) is 5.69 Å². The number of rotatable bonds is 5. The van der Waals surface area contributed by atoms with Crippen LogP contribution in [0.1, 0.15) is 44.1 Å². The summed E-state index contributed by atoms with van der Waals surface area (Å²) in [6.45, 7) is 9.02. The zero-order valence-corrected chi connectivity index (χ0v) is 15.1. The molecule has 2 aromatic rings. The zero-order chi connectivity index (χ0) is 17.9. The summed E-state index contributed by atoms with van der Waals surface area (Å²) in [5.41, 5.74) is 2.78. The third kappa shape index (κ3) is 4.63. The van der Waals surface area contributed by atoms with Crippen molar-refractivity contribution in [3.8, 4) is 0 Å². The van der Waals surface area contributed by atoms with Crippen molar-refractivity contribution in [2.24, 2.45) is 5.41 Å². The molecule has 7 heteroatoms. The lowest BCUT2D eigenvalue weighted by Crippen LogP contribution is -2.40. The standard InChI is InChI=1S/C18H25N5O2/c1-18(2,3)9-17(24)22-7-8-23-16(11-22)15(20-21-23)13-25-12-14-5-4-6-19-10-14/h4-6,10H,7-9,11-13H2,1-3H3. The van der Waals surface area contributed by atoms with Gasteiger partial charge in [0.05, 0.1) is 32.0 Å².